The Bertz CT molecular complexity index is 528. The lowest BCUT2D eigenvalue weighted by Crippen LogP contribution is -2.36. The van der Waals surface area contributed by atoms with E-state index in [1.807, 2.05) is 25.1 Å². The van der Waals surface area contributed by atoms with Gasteiger partial charge in [0.2, 0.25) is 11.8 Å². The van der Waals surface area contributed by atoms with Gasteiger partial charge in [0.15, 0.2) is 0 Å². The topological polar surface area (TPSA) is 75.4 Å². The Morgan fingerprint density at radius 3 is 2.90 bits per heavy atom. The number of amides is 2. The van der Waals surface area contributed by atoms with E-state index < -0.39 is 0 Å². The molecule has 0 bridgehead atoms. The minimum absolute atomic E-state index is 0.00630. The predicted octanol–water partition coefficient (Wildman–Crippen LogP) is 1.85. The van der Waals surface area contributed by atoms with Gasteiger partial charge in [-0.2, -0.15) is 0 Å². The van der Waals surface area contributed by atoms with E-state index in [1.54, 1.807) is 4.90 Å². The van der Waals surface area contributed by atoms with Gasteiger partial charge in [0.1, 0.15) is 0 Å². The average molecular weight is 289 g/mol. The van der Waals surface area contributed by atoms with Gasteiger partial charge in [-0.1, -0.05) is 13.0 Å². The second-order valence-electron chi connectivity index (χ2n) is 5.34. The number of nitrogens with one attached hydrogen (secondary N) is 1. The highest BCUT2D eigenvalue weighted by Crippen LogP contribution is 2.31. The third-order valence-electron chi connectivity index (χ3n) is 3.73. The zero-order valence-corrected chi connectivity index (χ0v) is 12.5. The van der Waals surface area contributed by atoms with E-state index in [4.69, 9.17) is 5.73 Å². The van der Waals surface area contributed by atoms with Crippen molar-refractivity contribution in [3.8, 4) is 0 Å². The highest BCUT2D eigenvalue weighted by Gasteiger charge is 2.23. The number of nitrogens with zero attached hydrogens (tertiary/aromatic N) is 1. The molecule has 1 aliphatic rings. The highest BCUT2D eigenvalue weighted by atomic mass is 16.2. The summed E-state index contributed by atoms with van der Waals surface area (Å²) in [5, 5.41) is 2.79. The molecule has 3 N–H and O–H groups in total. The van der Waals surface area contributed by atoms with Crippen LogP contribution in [-0.2, 0) is 16.0 Å². The van der Waals surface area contributed by atoms with Crippen LogP contribution in [0.15, 0.2) is 18.2 Å². The first-order chi connectivity index (χ1) is 10.1. The molecule has 0 fully saturated rings. The fourth-order valence-electron chi connectivity index (χ4n) is 2.62. The lowest BCUT2D eigenvalue weighted by atomic mass is 9.99. The summed E-state index contributed by atoms with van der Waals surface area (Å²) in [7, 11) is 0. The number of anilines is 2. The normalized spacial score (nSPS) is 13.7. The van der Waals surface area contributed by atoms with Crippen molar-refractivity contribution >= 4 is 23.2 Å². The van der Waals surface area contributed by atoms with Gasteiger partial charge in [-0.3, -0.25) is 9.59 Å². The molecule has 2 rings (SSSR count). The Hall–Kier alpha value is -2.04. The second-order valence-corrected chi connectivity index (χ2v) is 5.34. The standard InChI is InChI=1S/C16H23N3O2/c1-2-10-18-15(20)8-9-16(21)19-11-4-5-12-13(17)6-3-7-14(12)19/h3,6-7H,2,4-5,8-11,17H2,1H3,(H,18,20). The molecule has 0 aliphatic carbocycles. The number of benzene rings is 1. The maximum absolute atomic E-state index is 12.4. The van der Waals surface area contributed by atoms with Crippen LogP contribution in [0.25, 0.3) is 0 Å². The van der Waals surface area contributed by atoms with E-state index >= 15 is 0 Å². The van der Waals surface area contributed by atoms with Gasteiger partial charge < -0.3 is 16.0 Å². The molecule has 0 radical (unpaired) electrons. The Labute approximate surface area is 125 Å². The van der Waals surface area contributed by atoms with Gasteiger partial charge in [-0.25, -0.2) is 0 Å². The second kappa shape index (κ2) is 7.11. The zero-order valence-electron chi connectivity index (χ0n) is 12.5. The summed E-state index contributed by atoms with van der Waals surface area (Å²) in [6.07, 6.45) is 3.20. The molecule has 2 amide bonds. The Morgan fingerprint density at radius 2 is 2.14 bits per heavy atom. The van der Waals surface area contributed by atoms with E-state index in [0.29, 0.717) is 13.1 Å². The molecule has 1 aliphatic heterocycles. The number of fused-ring (bicyclic) bond motifs is 1. The molecule has 0 saturated heterocycles. The smallest absolute Gasteiger partial charge is 0.227 e. The summed E-state index contributed by atoms with van der Waals surface area (Å²) in [4.78, 5) is 25.7. The third-order valence-corrected chi connectivity index (χ3v) is 3.73. The van der Waals surface area contributed by atoms with Crippen molar-refractivity contribution in [3.63, 3.8) is 0 Å². The number of nitrogens with two attached hydrogens (primary N) is 1. The molecule has 114 valence electrons. The molecular weight excluding hydrogens is 266 g/mol. The lowest BCUT2D eigenvalue weighted by molar-refractivity contribution is -0.125. The fraction of sp³-hybridized carbons (Fsp3) is 0.500. The molecule has 0 atom stereocenters. The van der Waals surface area contributed by atoms with Gasteiger partial charge in [-0.05, 0) is 37.0 Å². The first-order valence-corrected chi connectivity index (χ1v) is 7.58. The number of hydrogen-bond acceptors (Lipinski definition) is 3. The van der Waals surface area contributed by atoms with Crippen LogP contribution in [0.5, 0.6) is 0 Å². The molecule has 21 heavy (non-hydrogen) atoms. The maximum Gasteiger partial charge on any atom is 0.227 e. The minimum atomic E-state index is -0.0602. The highest BCUT2D eigenvalue weighted by molar-refractivity contribution is 5.97. The zero-order chi connectivity index (χ0) is 15.2. The molecule has 0 unspecified atom stereocenters. The van der Waals surface area contributed by atoms with E-state index in [1.165, 1.54) is 0 Å². The van der Waals surface area contributed by atoms with Crippen molar-refractivity contribution in [1.29, 1.82) is 0 Å². The summed E-state index contributed by atoms with van der Waals surface area (Å²) in [5.74, 6) is -0.0665. The first kappa shape index (κ1) is 15.4. The maximum atomic E-state index is 12.4. The lowest BCUT2D eigenvalue weighted by Gasteiger charge is -2.30. The van der Waals surface area contributed by atoms with Crippen LogP contribution in [0, 0.1) is 0 Å². The number of hydrogen-bond donors (Lipinski definition) is 2. The van der Waals surface area contributed by atoms with Crippen molar-refractivity contribution in [1.82, 2.24) is 5.32 Å². The fourth-order valence-corrected chi connectivity index (χ4v) is 2.62. The van der Waals surface area contributed by atoms with Crippen LogP contribution in [0.4, 0.5) is 11.4 Å². The van der Waals surface area contributed by atoms with Crippen molar-refractivity contribution in [2.75, 3.05) is 23.7 Å². The van der Waals surface area contributed by atoms with Crippen LogP contribution in [0.2, 0.25) is 0 Å². The van der Waals surface area contributed by atoms with Gasteiger partial charge in [0.05, 0.1) is 0 Å². The van der Waals surface area contributed by atoms with Crippen molar-refractivity contribution in [2.45, 2.75) is 39.0 Å². The quantitative estimate of drug-likeness (QED) is 0.812. The molecular formula is C16H23N3O2. The van der Waals surface area contributed by atoms with E-state index in [0.717, 1.165) is 36.2 Å². The average Bonchev–Trinajstić information content (AvgIpc) is 2.50. The number of rotatable bonds is 5. The number of nitrogen functional groups attached to an aromatic ring is 1. The molecule has 1 heterocycles. The molecule has 5 heteroatoms. The van der Waals surface area contributed by atoms with Gasteiger partial charge in [0.25, 0.3) is 0 Å². The number of carbonyl (C=O) groups is 2. The van der Waals surface area contributed by atoms with Crippen molar-refractivity contribution in [2.24, 2.45) is 0 Å². The minimum Gasteiger partial charge on any atom is -0.398 e. The van der Waals surface area contributed by atoms with Gasteiger partial charge in [-0.15, -0.1) is 0 Å². The van der Waals surface area contributed by atoms with E-state index in [9.17, 15) is 9.59 Å². The number of carbonyl (C=O) groups excluding carboxylic acids is 2. The third kappa shape index (κ3) is 3.74. The molecule has 0 aromatic heterocycles. The Balaban J connectivity index is 1.98. The molecule has 0 saturated carbocycles. The summed E-state index contributed by atoms with van der Waals surface area (Å²) in [6.45, 7) is 3.36. The van der Waals surface area contributed by atoms with E-state index in [2.05, 4.69) is 5.32 Å². The van der Waals surface area contributed by atoms with Crippen LogP contribution >= 0.6 is 0 Å². The predicted molar refractivity (Wildman–Crippen MR) is 84.1 cm³/mol. The van der Waals surface area contributed by atoms with E-state index in [-0.39, 0.29) is 24.7 Å². The van der Waals surface area contributed by atoms with Crippen LogP contribution in [0.3, 0.4) is 0 Å². The largest absolute Gasteiger partial charge is 0.398 e. The SMILES string of the molecule is CCCNC(=O)CCC(=O)N1CCCc2c(N)cccc21. The molecule has 5 nitrogen and oxygen atoms in total. The molecule has 0 spiro atoms. The van der Waals surface area contributed by atoms with Crippen LogP contribution < -0.4 is 16.0 Å². The van der Waals surface area contributed by atoms with Crippen molar-refractivity contribution < 1.29 is 9.59 Å². The summed E-state index contributed by atoms with van der Waals surface area (Å²) in [6, 6.07) is 5.67. The monoisotopic (exact) mass is 289 g/mol. The van der Waals surface area contributed by atoms with Crippen LogP contribution in [-0.4, -0.2) is 24.9 Å². The molecule has 1 aromatic rings. The summed E-state index contributed by atoms with van der Waals surface area (Å²) < 4.78 is 0. The summed E-state index contributed by atoms with van der Waals surface area (Å²) in [5.41, 5.74) is 8.67. The summed E-state index contributed by atoms with van der Waals surface area (Å²) >= 11 is 0. The van der Waals surface area contributed by atoms with Crippen molar-refractivity contribution in [3.05, 3.63) is 23.8 Å². The van der Waals surface area contributed by atoms with Gasteiger partial charge >= 0.3 is 0 Å². The Kier molecular flexibility index (Phi) is 5.20. The molecule has 1 aromatic carbocycles. The van der Waals surface area contributed by atoms with Gasteiger partial charge in [0, 0.05) is 37.3 Å². The van der Waals surface area contributed by atoms with Crippen LogP contribution in [0.1, 0.15) is 38.2 Å². The first-order valence-electron chi connectivity index (χ1n) is 7.58. The Morgan fingerprint density at radius 1 is 1.33 bits per heavy atom.